The fourth-order valence-corrected chi connectivity index (χ4v) is 4.93. The second-order valence-electron chi connectivity index (χ2n) is 9.68. The first-order valence-corrected chi connectivity index (χ1v) is 12.4. The van der Waals surface area contributed by atoms with Crippen LogP contribution in [0.25, 0.3) is 27.8 Å². The number of rotatable bonds is 5. The molecule has 5 nitrogen and oxygen atoms in total. The smallest absolute Gasteiger partial charge is 0.252 e. The lowest BCUT2D eigenvalue weighted by Gasteiger charge is -2.23. The van der Waals surface area contributed by atoms with E-state index in [1.165, 1.54) is 24.8 Å². The minimum Gasteiger partial charge on any atom is -0.349 e. The molecule has 0 saturated heterocycles. The van der Waals surface area contributed by atoms with Gasteiger partial charge in [0.15, 0.2) is 0 Å². The Labute approximate surface area is 201 Å². The fourth-order valence-electron chi connectivity index (χ4n) is 4.93. The summed E-state index contributed by atoms with van der Waals surface area (Å²) in [7, 11) is 0. The lowest BCUT2D eigenvalue weighted by molar-refractivity contribution is 0.0929. The van der Waals surface area contributed by atoms with Crippen LogP contribution in [0.15, 0.2) is 60.8 Å². The van der Waals surface area contributed by atoms with Crippen molar-refractivity contribution in [2.75, 3.05) is 0 Å². The number of benzene rings is 2. The molecule has 34 heavy (non-hydrogen) atoms. The maximum absolute atomic E-state index is 13.3. The average molecular weight is 453 g/mol. The SMILES string of the molecule is Cc1c(-c2cc(C(=O)NC3CCCCC3)c3ccccc3n2)cnn1-c1ccc(C(C)C)cc1. The number of pyridine rings is 1. The molecule has 2 aromatic heterocycles. The van der Waals surface area contributed by atoms with Gasteiger partial charge in [0.2, 0.25) is 0 Å². The van der Waals surface area contributed by atoms with Crippen molar-refractivity contribution >= 4 is 16.8 Å². The number of carbonyl (C=O) groups excluding carboxylic acids is 1. The lowest BCUT2D eigenvalue weighted by atomic mass is 9.95. The molecule has 0 radical (unpaired) electrons. The molecule has 0 aliphatic heterocycles. The van der Waals surface area contributed by atoms with Gasteiger partial charge < -0.3 is 5.32 Å². The van der Waals surface area contributed by atoms with E-state index in [1.807, 2.05) is 41.2 Å². The Morgan fingerprint density at radius 3 is 2.50 bits per heavy atom. The van der Waals surface area contributed by atoms with Gasteiger partial charge in [-0.05, 0) is 55.5 Å². The van der Waals surface area contributed by atoms with Crippen molar-refractivity contribution < 1.29 is 4.79 Å². The lowest BCUT2D eigenvalue weighted by Crippen LogP contribution is -2.36. The Hall–Kier alpha value is -3.47. The van der Waals surface area contributed by atoms with Crippen LogP contribution in [-0.2, 0) is 0 Å². The minimum absolute atomic E-state index is 0.0129. The van der Waals surface area contributed by atoms with Crippen molar-refractivity contribution in [3.63, 3.8) is 0 Å². The Morgan fingerprint density at radius 2 is 1.76 bits per heavy atom. The van der Waals surface area contributed by atoms with Gasteiger partial charge in [-0.2, -0.15) is 5.10 Å². The zero-order valence-corrected chi connectivity index (χ0v) is 20.2. The standard InChI is InChI=1S/C29H32N4O/c1-19(2)21-13-15-23(16-14-21)33-20(3)26(18-30-33)28-17-25(24-11-7-8-12-27(24)32-28)29(34)31-22-9-5-4-6-10-22/h7-8,11-19,22H,4-6,9-10H2,1-3H3,(H,31,34). The molecule has 2 aromatic carbocycles. The van der Waals surface area contributed by atoms with E-state index in [1.54, 1.807) is 0 Å². The largest absolute Gasteiger partial charge is 0.349 e. The Morgan fingerprint density at radius 1 is 1.03 bits per heavy atom. The molecular weight excluding hydrogens is 420 g/mol. The van der Waals surface area contributed by atoms with E-state index in [2.05, 4.69) is 55.5 Å². The zero-order valence-electron chi connectivity index (χ0n) is 20.2. The highest BCUT2D eigenvalue weighted by Gasteiger charge is 2.21. The third-order valence-electron chi connectivity index (χ3n) is 6.99. The summed E-state index contributed by atoms with van der Waals surface area (Å²) in [6.45, 7) is 6.44. The zero-order chi connectivity index (χ0) is 23.7. The normalized spacial score (nSPS) is 14.6. The molecule has 174 valence electrons. The van der Waals surface area contributed by atoms with E-state index in [9.17, 15) is 4.79 Å². The van der Waals surface area contributed by atoms with Gasteiger partial charge in [-0.15, -0.1) is 0 Å². The highest BCUT2D eigenvalue weighted by atomic mass is 16.1. The summed E-state index contributed by atoms with van der Waals surface area (Å²) in [4.78, 5) is 18.3. The van der Waals surface area contributed by atoms with Crippen molar-refractivity contribution in [3.8, 4) is 16.9 Å². The number of amides is 1. The Balaban J connectivity index is 1.52. The van der Waals surface area contributed by atoms with Gasteiger partial charge in [-0.25, -0.2) is 9.67 Å². The molecule has 5 heteroatoms. The molecule has 1 saturated carbocycles. The number of nitrogens with zero attached hydrogens (tertiary/aromatic N) is 3. The fraction of sp³-hybridized carbons (Fsp3) is 0.345. The Bertz CT molecular complexity index is 1310. The first-order valence-electron chi connectivity index (χ1n) is 12.4. The van der Waals surface area contributed by atoms with Crippen LogP contribution in [0, 0.1) is 6.92 Å². The molecule has 1 N–H and O–H groups in total. The number of fused-ring (bicyclic) bond motifs is 1. The van der Waals surface area contributed by atoms with Gasteiger partial charge in [-0.1, -0.05) is 63.4 Å². The number of carbonyl (C=O) groups is 1. The first-order chi connectivity index (χ1) is 16.5. The third-order valence-corrected chi connectivity index (χ3v) is 6.99. The summed E-state index contributed by atoms with van der Waals surface area (Å²) in [5.74, 6) is 0.476. The molecule has 0 atom stereocenters. The minimum atomic E-state index is -0.0129. The van der Waals surface area contributed by atoms with Gasteiger partial charge in [0.05, 0.1) is 34.4 Å². The summed E-state index contributed by atoms with van der Waals surface area (Å²) in [6.07, 6.45) is 7.60. The van der Waals surface area contributed by atoms with Crippen LogP contribution in [0.4, 0.5) is 0 Å². The highest BCUT2D eigenvalue weighted by Crippen LogP contribution is 2.29. The summed E-state index contributed by atoms with van der Waals surface area (Å²) in [5, 5.41) is 8.82. The molecule has 1 amide bonds. The van der Waals surface area contributed by atoms with E-state index < -0.39 is 0 Å². The maximum Gasteiger partial charge on any atom is 0.252 e. The summed E-state index contributed by atoms with van der Waals surface area (Å²) in [6, 6.07) is 18.6. The number of nitrogens with one attached hydrogen (secondary N) is 1. The molecule has 1 fully saturated rings. The molecule has 5 rings (SSSR count). The van der Waals surface area contributed by atoms with Crippen LogP contribution in [0.3, 0.4) is 0 Å². The molecule has 1 aliphatic carbocycles. The third kappa shape index (κ3) is 4.35. The summed E-state index contributed by atoms with van der Waals surface area (Å²) >= 11 is 0. The van der Waals surface area contributed by atoms with Gasteiger partial charge in [0.25, 0.3) is 5.91 Å². The van der Waals surface area contributed by atoms with Crippen LogP contribution < -0.4 is 5.32 Å². The molecular formula is C29H32N4O. The van der Waals surface area contributed by atoms with Crippen LogP contribution in [0.2, 0.25) is 0 Å². The van der Waals surface area contributed by atoms with Crippen molar-refractivity contribution in [2.45, 2.75) is 64.8 Å². The van der Waals surface area contributed by atoms with E-state index in [-0.39, 0.29) is 11.9 Å². The second-order valence-corrected chi connectivity index (χ2v) is 9.68. The van der Waals surface area contributed by atoms with Crippen LogP contribution >= 0.6 is 0 Å². The molecule has 0 unspecified atom stereocenters. The first kappa shape index (κ1) is 22.3. The van der Waals surface area contributed by atoms with Crippen LogP contribution in [-0.4, -0.2) is 26.7 Å². The van der Waals surface area contributed by atoms with Gasteiger partial charge in [-0.3, -0.25) is 4.79 Å². The Kier molecular flexibility index (Phi) is 6.18. The number of hydrogen-bond donors (Lipinski definition) is 1. The van der Waals surface area contributed by atoms with E-state index in [0.717, 1.165) is 46.4 Å². The molecule has 4 aromatic rings. The van der Waals surface area contributed by atoms with Crippen molar-refractivity contribution in [3.05, 3.63) is 77.6 Å². The van der Waals surface area contributed by atoms with E-state index in [0.29, 0.717) is 11.5 Å². The number of para-hydroxylation sites is 1. The van der Waals surface area contributed by atoms with Crippen molar-refractivity contribution in [2.24, 2.45) is 0 Å². The summed E-state index contributed by atoms with van der Waals surface area (Å²) < 4.78 is 1.94. The predicted molar refractivity (Wildman–Crippen MR) is 137 cm³/mol. The van der Waals surface area contributed by atoms with Gasteiger partial charge in [0.1, 0.15) is 0 Å². The highest BCUT2D eigenvalue weighted by molar-refractivity contribution is 6.07. The van der Waals surface area contributed by atoms with E-state index >= 15 is 0 Å². The molecule has 2 heterocycles. The summed E-state index contributed by atoms with van der Waals surface area (Å²) in [5.41, 5.74) is 6.53. The van der Waals surface area contributed by atoms with Gasteiger partial charge >= 0.3 is 0 Å². The monoisotopic (exact) mass is 452 g/mol. The second kappa shape index (κ2) is 9.41. The topological polar surface area (TPSA) is 59.8 Å². The maximum atomic E-state index is 13.3. The average Bonchev–Trinajstić information content (AvgIpc) is 3.25. The molecule has 1 aliphatic rings. The van der Waals surface area contributed by atoms with Gasteiger partial charge in [0, 0.05) is 17.0 Å². The quantitative estimate of drug-likeness (QED) is 0.372. The van der Waals surface area contributed by atoms with Crippen molar-refractivity contribution in [1.29, 1.82) is 0 Å². The number of aromatic nitrogens is 3. The molecule has 0 spiro atoms. The van der Waals surface area contributed by atoms with Crippen LogP contribution in [0.5, 0.6) is 0 Å². The van der Waals surface area contributed by atoms with E-state index in [4.69, 9.17) is 4.98 Å². The van der Waals surface area contributed by atoms with Crippen LogP contribution in [0.1, 0.15) is 73.5 Å². The predicted octanol–water partition coefficient (Wildman–Crippen LogP) is 6.58. The van der Waals surface area contributed by atoms with Crippen molar-refractivity contribution in [1.82, 2.24) is 20.1 Å². The number of hydrogen-bond acceptors (Lipinski definition) is 3. The molecule has 0 bridgehead atoms.